The molecule has 0 heterocycles. The normalized spacial score (nSPS) is 17.4. The molecule has 0 saturated heterocycles. The molecule has 0 aliphatic heterocycles. The number of rotatable bonds is 7. The fraction of sp³-hybridized carbons (Fsp3) is 0.588. The van der Waals surface area contributed by atoms with Crippen LogP contribution in [0.25, 0.3) is 0 Å². The second-order valence-electron chi connectivity index (χ2n) is 6.14. The summed E-state index contributed by atoms with van der Waals surface area (Å²) < 4.78 is 5.20. The van der Waals surface area contributed by atoms with Gasteiger partial charge in [-0.15, -0.1) is 0 Å². The van der Waals surface area contributed by atoms with Crippen LogP contribution in [0.4, 0.5) is 0 Å². The molecule has 2 N–H and O–H groups in total. The van der Waals surface area contributed by atoms with Crippen molar-refractivity contribution in [2.45, 2.75) is 51.7 Å². The molecule has 1 amide bonds. The van der Waals surface area contributed by atoms with Crippen LogP contribution in [-0.4, -0.2) is 25.1 Å². The molecule has 1 aromatic rings. The van der Waals surface area contributed by atoms with E-state index >= 15 is 0 Å². The number of nitrogens with one attached hydrogen (secondary N) is 2. The highest BCUT2D eigenvalue weighted by atomic mass is 16.5. The zero-order chi connectivity index (χ0) is 15.4. The molecule has 1 fully saturated rings. The van der Waals surface area contributed by atoms with Gasteiger partial charge in [-0.25, -0.2) is 0 Å². The van der Waals surface area contributed by atoms with E-state index in [4.69, 9.17) is 4.74 Å². The summed E-state index contributed by atoms with van der Waals surface area (Å²) in [5.41, 5.74) is 1.22. The SMILES string of the molecule is COc1ccc(C(NC(C)C(=O)NC(C)C)C2CC2)cc1. The van der Waals surface area contributed by atoms with Crippen LogP contribution in [0.3, 0.4) is 0 Å². The Labute approximate surface area is 127 Å². The molecular weight excluding hydrogens is 264 g/mol. The first-order chi connectivity index (χ1) is 10.0. The maximum atomic E-state index is 12.1. The first-order valence-corrected chi connectivity index (χ1v) is 7.71. The van der Waals surface area contributed by atoms with Gasteiger partial charge >= 0.3 is 0 Å². The Balaban J connectivity index is 2.03. The highest BCUT2D eigenvalue weighted by Gasteiger charge is 2.34. The highest BCUT2D eigenvalue weighted by molar-refractivity contribution is 5.81. The van der Waals surface area contributed by atoms with Gasteiger partial charge in [0.05, 0.1) is 13.2 Å². The van der Waals surface area contributed by atoms with Crippen LogP contribution in [0.5, 0.6) is 5.75 Å². The number of carbonyl (C=O) groups is 1. The molecule has 0 bridgehead atoms. The highest BCUT2D eigenvalue weighted by Crippen LogP contribution is 2.41. The third kappa shape index (κ3) is 4.46. The molecule has 116 valence electrons. The van der Waals surface area contributed by atoms with Crippen molar-refractivity contribution in [1.82, 2.24) is 10.6 Å². The Hall–Kier alpha value is -1.55. The smallest absolute Gasteiger partial charge is 0.237 e. The third-order valence-corrected chi connectivity index (χ3v) is 3.82. The Bertz CT molecular complexity index is 466. The van der Waals surface area contributed by atoms with Crippen LogP contribution >= 0.6 is 0 Å². The van der Waals surface area contributed by atoms with E-state index in [-0.39, 0.29) is 24.0 Å². The van der Waals surface area contributed by atoms with E-state index in [1.54, 1.807) is 7.11 Å². The second kappa shape index (κ2) is 6.94. The molecule has 1 aliphatic rings. The predicted octanol–water partition coefficient (Wildman–Crippen LogP) is 2.65. The van der Waals surface area contributed by atoms with Crippen molar-refractivity contribution in [3.05, 3.63) is 29.8 Å². The largest absolute Gasteiger partial charge is 0.497 e. The first kappa shape index (κ1) is 15.8. The van der Waals surface area contributed by atoms with Crippen molar-refractivity contribution in [1.29, 1.82) is 0 Å². The number of hydrogen-bond donors (Lipinski definition) is 2. The number of hydrogen-bond acceptors (Lipinski definition) is 3. The van der Waals surface area contributed by atoms with Gasteiger partial charge < -0.3 is 10.1 Å². The van der Waals surface area contributed by atoms with Crippen LogP contribution in [0.15, 0.2) is 24.3 Å². The van der Waals surface area contributed by atoms with Crippen molar-refractivity contribution in [3.8, 4) is 5.75 Å². The van der Waals surface area contributed by atoms with Gasteiger partial charge in [-0.3, -0.25) is 10.1 Å². The Morgan fingerprint density at radius 1 is 1.19 bits per heavy atom. The van der Waals surface area contributed by atoms with Gasteiger partial charge in [-0.2, -0.15) is 0 Å². The minimum absolute atomic E-state index is 0.0594. The van der Waals surface area contributed by atoms with E-state index in [9.17, 15) is 4.79 Å². The maximum Gasteiger partial charge on any atom is 0.237 e. The van der Waals surface area contributed by atoms with Crippen LogP contribution < -0.4 is 15.4 Å². The Morgan fingerprint density at radius 3 is 2.29 bits per heavy atom. The summed E-state index contributed by atoms with van der Waals surface area (Å²) in [6, 6.07) is 8.34. The molecule has 2 unspecified atom stereocenters. The number of methoxy groups -OCH3 is 1. The predicted molar refractivity (Wildman–Crippen MR) is 84.3 cm³/mol. The van der Waals surface area contributed by atoms with Crippen molar-refractivity contribution in [2.24, 2.45) is 5.92 Å². The molecule has 0 radical (unpaired) electrons. The van der Waals surface area contributed by atoms with Crippen molar-refractivity contribution in [2.75, 3.05) is 7.11 Å². The number of carbonyl (C=O) groups excluding carboxylic acids is 1. The number of amides is 1. The van der Waals surface area contributed by atoms with Crippen LogP contribution in [0.1, 0.15) is 45.2 Å². The van der Waals surface area contributed by atoms with E-state index in [0.717, 1.165) is 5.75 Å². The first-order valence-electron chi connectivity index (χ1n) is 7.71. The van der Waals surface area contributed by atoms with Crippen LogP contribution in [0.2, 0.25) is 0 Å². The molecule has 1 aliphatic carbocycles. The lowest BCUT2D eigenvalue weighted by molar-refractivity contribution is -0.123. The van der Waals surface area contributed by atoms with E-state index in [0.29, 0.717) is 5.92 Å². The van der Waals surface area contributed by atoms with E-state index < -0.39 is 0 Å². The Morgan fingerprint density at radius 2 is 1.81 bits per heavy atom. The minimum Gasteiger partial charge on any atom is -0.497 e. The number of benzene rings is 1. The summed E-state index contributed by atoms with van der Waals surface area (Å²) in [6.45, 7) is 5.88. The molecule has 0 spiro atoms. The lowest BCUT2D eigenvalue weighted by Crippen LogP contribution is -2.46. The fourth-order valence-electron chi connectivity index (χ4n) is 2.50. The fourth-order valence-corrected chi connectivity index (χ4v) is 2.50. The summed E-state index contributed by atoms with van der Waals surface area (Å²) in [7, 11) is 1.67. The molecule has 1 saturated carbocycles. The van der Waals surface area contributed by atoms with Crippen molar-refractivity contribution < 1.29 is 9.53 Å². The van der Waals surface area contributed by atoms with Gasteiger partial charge in [-0.05, 0) is 57.2 Å². The summed E-state index contributed by atoms with van der Waals surface area (Å²) >= 11 is 0. The van der Waals surface area contributed by atoms with Crippen LogP contribution in [0, 0.1) is 5.92 Å². The van der Waals surface area contributed by atoms with Crippen LogP contribution in [-0.2, 0) is 4.79 Å². The van der Waals surface area contributed by atoms with Gasteiger partial charge in [0.15, 0.2) is 0 Å². The molecule has 1 aromatic carbocycles. The average molecular weight is 290 g/mol. The summed E-state index contributed by atoms with van der Waals surface area (Å²) in [4.78, 5) is 12.1. The van der Waals surface area contributed by atoms with Gasteiger partial charge in [-0.1, -0.05) is 12.1 Å². The van der Waals surface area contributed by atoms with E-state index in [1.165, 1.54) is 18.4 Å². The second-order valence-corrected chi connectivity index (χ2v) is 6.14. The number of ether oxygens (including phenoxy) is 1. The average Bonchev–Trinajstić information content (AvgIpc) is 3.28. The van der Waals surface area contributed by atoms with Gasteiger partial charge in [0.1, 0.15) is 5.75 Å². The van der Waals surface area contributed by atoms with Gasteiger partial charge in [0.25, 0.3) is 0 Å². The molecular formula is C17H26N2O2. The molecule has 2 atom stereocenters. The Kier molecular flexibility index (Phi) is 5.23. The summed E-state index contributed by atoms with van der Waals surface area (Å²) in [5, 5.41) is 6.44. The monoisotopic (exact) mass is 290 g/mol. The lowest BCUT2D eigenvalue weighted by Gasteiger charge is -2.24. The third-order valence-electron chi connectivity index (χ3n) is 3.82. The summed E-state index contributed by atoms with van der Waals surface area (Å²) in [5.74, 6) is 1.55. The minimum atomic E-state index is -0.194. The molecule has 21 heavy (non-hydrogen) atoms. The van der Waals surface area contributed by atoms with Gasteiger partial charge in [0, 0.05) is 12.1 Å². The zero-order valence-corrected chi connectivity index (χ0v) is 13.3. The van der Waals surface area contributed by atoms with E-state index in [1.807, 2.05) is 32.9 Å². The van der Waals surface area contributed by atoms with Gasteiger partial charge in [0.2, 0.25) is 5.91 Å². The standard InChI is InChI=1S/C17H26N2O2/c1-11(2)18-17(20)12(3)19-16(13-5-6-13)14-7-9-15(21-4)10-8-14/h7-13,16,19H,5-6H2,1-4H3,(H,18,20). The molecule has 4 heteroatoms. The maximum absolute atomic E-state index is 12.1. The van der Waals surface area contributed by atoms with E-state index in [2.05, 4.69) is 22.8 Å². The molecule has 0 aromatic heterocycles. The zero-order valence-electron chi connectivity index (χ0n) is 13.3. The quantitative estimate of drug-likeness (QED) is 0.811. The van der Waals surface area contributed by atoms with Crippen molar-refractivity contribution in [3.63, 3.8) is 0 Å². The van der Waals surface area contributed by atoms with Crippen molar-refractivity contribution >= 4 is 5.91 Å². The topological polar surface area (TPSA) is 50.4 Å². The lowest BCUT2D eigenvalue weighted by atomic mass is 10.0. The summed E-state index contributed by atoms with van der Waals surface area (Å²) in [6.07, 6.45) is 2.45. The molecule has 2 rings (SSSR count). The molecule has 4 nitrogen and oxygen atoms in total.